The van der Waals surface area contributed by atoms with Gasteiger partial charge in [0, 0.05) is 25.9 Å². The second-order valence-corrected chi connectivity index (χ2v) is 5.15. The first kappa shape index (κ1) is 16.1. The number of ether oxygens (including phenoxy) is 1. The van der Waals surface area contributed by atoms with Crippen LogP contribution in [0.15, 0.2) is 65.7 Å². The molecule has 4 heteroatoms. The fraction of sp³-hybridized carbons (Fsp3) is 0.158. The van der Waals surface area contributed by atoms with Gasteiger partial charge in [-0.2, -0.15) is 10.5 Å². The predicted molar refractivity (Wildman–Crippen MR) is 91.0 cm³/mol. The minimum atomic E-state index is 0.0285. The zero-order chi connectivity index (χ0) is 16.7. The molecule has 1 aliphatic heterocycles. The van der Waals surface area contributed by atoms with E-state index >= 15 is 0 Å². The average molecular weight is 303 g/mol. The highest BCUT2D eigenvalue weighted by Gasteiger charge is 2.05. The fourth-order valence-corrected chi connectivity index (χ4v) is 1.99. The van der Waals surface area contributed by atoms with Gasteiger partial charge >= 0.3 is 0 Å². The summed E-state index contributed by atoms with van der Waals surface area (Å²) in [5.74, 6) is 1.22. The topological polar surface area (TPSA) is 60.0 Å². The molecular weight excluding hydrogens is 286 g/mol. The van der Waals surface area contributed by atoms with Gasteiger partial charge < -0.3 is 9.64 Å². The molecule has 0 bridgehead atoms. The number of benzene rings is 1. The van der Waals surface area contributed by atoms with E-state index in [2.05, 4.69) is 12.1 Å². The first-order chi connectivity index (χ1) is 11.1. The van der Waals surface area contributed by atoms with Gasteiger partial charge in [0.2, 0.25) is 0 Å². The van der Waals surface area contributed by atoms with Crippen LogP contribution in [0.3, 0.4) is 0 Å². The van der Waals surface area contributed by atoms with Gasteiger partial charge in [-0.25, -0.2) is 0 Å². The molecule has 2 rings (SSSR count). The van der Waals surface area contributed by atoms with Gasteiger partial charge in [-0.1, -0.05) is 18.2 Å². The van der Waals surface area contributed by atoms with Crippen LogP contribution in [-0.2, 0) is 4.74 Å². The molecule has 4 nitrogen and oxygen atoms in total. The van der Waals surface area contributed by atoms with Crippen LogP contribution in [0, 0.1) is 22.7 Å². The van der Waals surface area contributed by atoms with Crippen molar-refractivity contribution in [3.63, 3.8) is 0 Å². The van der Waals surface area contributed by atoms with Crippen LogP contribution in [0.1, 0.15) is 12.0 Å². The Morgan fingerprint density at radius 3 is 2.30 bits per heavy atom. The molecule has 1 aromatic carbocycles. The molecule has 0 N–H and O–H groups in total. The Kier molecular flexibility index (Phi) is 5.39. The summed E-state index contributed by atoms with van der Waals surface area (Å²) in [6.07, 6.45) is 9.78. The Balaban J connectivity index is 2.04. The maximum atomic E-state index is 8.78. The van der Waals surface area contributed by atoms with Gasteiger partial charge in [0.25, 0.3) is 0 Å². The molecule has 0 fully saturated rings. The lowest BCUT2D eigenvalue weighted by Gasteiger charge is -2.12. The van der Waals surface area contributed by atoms with Crippen LogP contribution in [0.25, 0.3) is 6.08 Å². The van der Waals surface area contributed by atoms with E-state index < -0.39 is 0 Å². The Morgan fingerprint density at radius 1 is 1.04 bits per heavy atom. The molecule has 23 heavy (non-hydrogen) atoms. The summed E-state index contributed by atoms with van der Waals surface area (Å²) in [4.78, 5) is 2.05. The molecule has 0 aromatic heterocycles. The molecule has 0 atom stereocenters. The third-order valence-electron chi connectivity index (χ3n) is 3.25. The number of hydrogen-bond acceptors (Lipinski definition) is 4. The van der Waals surface area contributed by atoms with Crippen molar-refractivity contribution in [2.45, 2.75) is 6.42 Å². The summed E-state index contributed by atoms with van der Waals surface area (Å²) in [5.41, 5.74) is 2.24. The fourth-order valence-electron chi connectivity index (χ4n) is 1.99. The summed E-state index contributed by atoms with van der Waals surface area (Å²) in [6.45, 7) is 0. The molecule has 0 saturated carbocycles. The average Bonchev–Trinajstić information content (AvgIpc) is 2.58. The molecule has 0 amide bonds. The Morgan fingerprint density at radius 2 is 1.70 bits per heavy atom. The second kappa shape index (κ2) is 7.68. The highest BCUT2D eigenvalue weighted by Crippen LogP contribution is 2.20. The third-order valence-corrected chi connectivity index (χ3v) is 3.25. The van der Waals surface area contributed by atoms with Gasteiger partial charge in [0.1, 0.15) is 29.2 Å². The Hall–Kier alpha value is -3.24. The van der Waals surface area contributed by atoms with Crippen molar-refractivity contribution >= 4 is 11.8 Å². The van der Waals surface area contributed by atoms with Crippen molar-refractivity contribution < 1.29 is 4.74 Å². The van der Waals surface area contributed by atoms with Crippen molar-refractivity contribution in [3.8, 4) is 12.1 Å². The molecule has 1 aliphatic rings. The first-order valence-electron chi connectivity index (χ1n) is 7.18. The number of rotatable bonds is 4. The van der Waals surface area contributed by atoms with Crippen molar-refractivity contribution in [2.24, 2.45) is 0 Å². The van der Waals surface area contributed by atoms with Gasteiger partial charge in [-0.3, -0.25) is 0 Å². The van der Waals surface area contributed by atoms with Crippen LogP contribution in [-0.4, -0.2) is 14.1 Å². The van der Waals surface area contributed by atoms with Crippen LogP contribution in [0.5, 0.6) is 0 Å². The lowest BCUT2D eigenvalue weighted by atomic mass is 10.1. The summed E-state index contributed by atoms with van der Waals surface area (Å²) < 4.78 is 5.65. The van der Waals surface area contributed by atoms with Crippen molar-refractivity contribution in [3.05, 3.63) is 71.2 Å². The number of hydrogen-bond donors (Lipinski definition) is 0. The third kappa shape index (κ3) is 4.62. The number of allylic oxidation sites excluding steroid dienone is 5. The molecule has 1 aromatic rings. The van der Waals surface area contributed by atoms with E-state index in [1.807, 2.05) is 67.6 Å². The van der Waals surface area contributed by atoms with Crippen LogP contribution < -0.4 is 4.90 Å². The lowest BCUT2D eigenvalue weighted by molar-refractivity contribution is 0.327. The van der Waals surface area contributed by atoms with Gasteiger partial charge in [-0.05, 0) is 42.3 Å². The normalized spacial score (nSPS) is 13.2. The summed E-state index contributed by atoms with van der Waals surface area (Å²) >= 11 is 0. The van der Waals surface area contributed by atoms with Crippen molar-refractivity contribution in [1.29, 1.82) is 10.5 Å². The van der Waals surface area contributed by atoms with E-state index in [0.29, 0.717) is 17.9 Å². The van der Waals surface area contributed by atoms with Crippen molar-refractivity contribution in [2.75, 3.05) is 19.0 Å². The van der Waals surface area contributed by atoms with E-state index in [-0.39, 0.29) is 5.57 Å². The van der Waals surface area contributed by atoms with Crippen LogP contribution in [0.2, 0.25) is 0 Å². The highest BCUT2D eigenvalue weighted by molar-refractivity contribution is 5.57. The SMILES string of the molecule is CN(C)c1ccc(C=CC2=CCC=C(C=C(C#N)C#N)O2)cc1. The van der Waals surface area contributed by atoms with Gasteiger partial charge in [-0.15, -0.1) is 0 Å². The molecule has 0 saturated heterocycles. The predicted octanol–water partition coefficient (Wildman–Crippen LogP) is 3.93. The standard InChI is InChI=1S/C19H17N3O/c1-22(2)17-9-6-15(7-10-17)8-11-18-4-3-5-19(23-18)12-16(13-20)14-21/h4-12H,3H2,1-2H3. The van der Waals surface area contributed by atoms with E-state index in [1.165, 1.54) is 6.08 Å². The zero-order valence-electron chi connectivity index (χ0n) is 13.2. The quantitative estimate of drug-likeness (QED) is 0.791. The van der Waals surface area contributed by atoms with E-state index in [4.69, 9.17) is 15.3 Å². The van der Waals surface area contributed by atoms with E-state index in [9.17, 15) is 0 Å². The molecule has 1 heterocycles. The zero-order valence-corrected chi connectivity index (χ0v) is 13.2. The maximum Gasteiger partial charge on any atom is 0.133 e. The molecule has 114 valence electrons. The van der Waals surface area contributed by atoms with E-state index in [1.54, 1.807) is 0 Å². The molecular formula is C19H17N3O. The molecule has 0 spiro atoms. The largest absolute Gasteiger partial charge is 0.458 e. The van der Waals surface area contributed by atoms with Gasteiger partial charge in [0.05, 0.1) is 0 Å². The lowest BCUT2D eigenvalue weighted by Crippen LogP contribution is -2.07. The highest BCUT2D eigenvalue weighted by atomic mass is 16.5. The monoisotopic (exact) mass is 303 g/mol. The summed E-state index contributed by atoms with van der Waals surface area (Å²) in [6, 6.07) is 11.8. The minimum Gasteiger partial charge on any atom is -0.458 e. The van der Waals surface area contributed by atoms with E-state index in [0.717, 1.165) is 11.3 Å². The van der Waals surface area contributed by atoms with Gasteiger partial charge in [0.15, 0.2) is 0 Å². The summed E-state index contributed by atoms with van der Waals surface area (Å²) in [5, 5.41) is 17.6. The Labute approximate surface area is 136 Å². The molecule has 0 unspecified atom stereocenters. The smallest absolute Gasteiger partial charge is 0.133 e. The maximum absolute atomic E-state index is 8.78. The molecule has 0 radical (unpaired) electrons. The second-order valence-electron chi connectivity index (χ2n) is 5.15. The van der Waals surface area contributed by atoms with Crippen LogP contribution in [0.4, 0.5) is 5.69 Å². The van der Waals surface area contributed by atoms with Crippen LogP contribution >= 0.6 is 0 Å². The summed E-state index contributed by atoms with van der Waals surface area (Å²) in [7, 11) is 4.01. The molecule has 0 aliphatic carbocycles. The number of anilines is 1. The van der Waals surface area contributed by atoms with Crippen molar-refractivity contribution in [1.82, 2.24) is 0 Å². The Bertz CT molecular complexity index is 750. The number of nitrogens with zero attached hydrogens (tertiary/aromatic N) is 3. The first-order valence-corrected chi connectivity index (χ1v) is 7.18. The minimum absolute atomic E-state index is 0.0285. The number of nitriles is 2.